The highest BCUT2D eigenvalue weighted by molar-refractivity contribution is 6.33. The van der Waals surface area contributed by atoms with E-state index < -0.39 is 0 Å². The van der Waals surface area contributed by atoms with E-state index in [2.05, 4.69) is 0 Å². The van der Waals surface area contributed by atoms with Gasteiger partial charge in [0.05, 0.1) is 10.7 Å². The molecule has 0 saturated heterocycles. The lowest BCUT2D eigenvalue weighted by molar-refractivity contribution is 0.737. The monoisotopic (exact) mass is 185 g/mol. The number of anilines is 1. The van der Waals surface area contributed by atoms with Crippen molar-refractivity contribution in [3.8, 4) is 0 Å². The second-order valence-electron chi connectivity index (χ2n) is 2.62. The number of benzene rings is 1. The molecule has 0 aliphatic carbocycles. The number of hydrogen-bond acceptors (Lipinski definition) is 3. The van der Waals surface area contributed by atoms with Crippen molar-refractivity contribution in [2.24, 2.45) is 11.5 Å². The molecule has 0 saturated carbocycles. The van der Waals surface area contributed by atoms with E-state index in [-0.39, 0.29) is 6.04 Å². The van der Waals surface area contributed by atoms with Gasteiger partial charge in [0.15, 0.2) is 0 Å². The van der Waals surface area contributed by atoms with Crippen LogP contribution < -0.4 is 17.2 Å². The third-order valence-corrected chi connectivity index (χ3v) is 2.03. The molecule has 6 N–H and O–H groups in total. The average molecular weight is 186 g/mol. The van der Waals surface area contributed by atoms with Gasteiger partial charge in [-0.3, -0.25) is 0 Å². The van der Waals surface area contributed by atoms with Crippen molar-refractivity contribution in [3.05, 3.63) is 28.8 Å². The first-order valence-corrected chi connectivity index (χ1v) is 4.03. The third-order valence-electron chi connectivity index (χ3n) is 1.71. The number of halogens is 1. The van der Waals surface area contributed by atoms with Crippen molar-refractivity contribution in [2.75, 3.05) is 12.3 Å². The molecule has 0 amide bonds. The molecular weight excluding hydrogens is 174 g/mol. The molecule has 3 nitrogen and oxygen atoms in total. The summed E-state index contributed by atoms with van der Waals surface area (Å²) in [5, 5.41) is 0.524. The lowest BCUT2D eigenvalue weighted by Gasteiger charge is -2.09. The van der Waals surface area contributed by atoms with Crippen molar-refractivity contribution in [3.63, 3.8) is 0 Å². The van der Waals surface area contributed by atoms with Crippen LogP contribution in [-0.4, -0.2) is 6.54 Å². The predicted molar refractivity (Wildman–Crippen MR) is 51.8 cm³/mol. The molecule has 1 rings (SSSR count). The van der Waals surface area contributed by atoms with Crippen LogP contribution in [0.5, 0.6) is 0 Å². The smallest absolute Gasteiger partial charge is 0.0638 e. The Morgan fingerprint density at radius 2 is 2.08 bits per heavy atom. The maximum absolute atomic E-state index is 5.79. The largest absolute Gasteiger partial charge is 0.398 e. The summed E-state index contributed by atoms with van der Waals surface area (Å²) in [6, 6.07) is 5.14. The minimum Gasteiger partial charge on any atom is -0.398 e. The molecule has 1 aromatic carbocycles. The van der Waals surface area contributed by atoms with Gasteiger partial charge in [0.25, 0.3) is 0 Å². The van der Waals surface area contributed by atoms with Gasteiger partial charge in [-0.15, -0.1) is 0 Å². The van der Waals surface area contributed by atoms with Gasteiger partial charge < -0.3 is 17.2 Å². The molecule has 0 aromatic heterocycles. The number of hydrogen-bond donors (Lipinski definition) is 3. The van der Waals surface area contributed by atoms with Gasteiger partial charge >= 0.3 is 0 Å². The summed E-state index contributed by atoms with van der Waals surface area (Å²) in [4.78, 5) is 0. The summed E-state index contributed by atoms with van der Waals surface area (Å²) in [5.41, 5.74) is 18.1. The standard InChI is InChI=1S/C8H12ClN3/c9-6-3-5(8(12)4-10)1-2-7(6)11/h1-3,8H,4,10-12H2/t8-/m1/s1. The molecule has 1 atom stereocenters. The molecule has 4 heteroatoms. The number of nitrogen functional groups attached to an aromatic ring is 1. The van der Waals surface area contributed by atoms with Gasteiger partial charge in [-0.1, -0.05) is 17.7 Å². The van der Waals surface area contributed by atoms with E-state index >= 15 is 0 Å². The van der Waals surface area contributed by atoms with E-state index in [4.69, 9.17) is 28.8 Å². The quantitative estimate of drug-likeness (QED) is 0.599. The number of nitrogens with two attached hydrogens (primary N) is 3. The van der Waals surface area contributed by atoms with Crippen molar-refractivity contribution in [2.45, 2.75) is 6.04 Å². The fourth-order valence-corrected chi connectivity index (χ4v) is 1.10. The molecule has 0 aliphatic rings. The van der Waals surface area contributed by atoms with Crippen LogP contribution in [0.4, 0.5) is 5.69 Å². The zero-order valence-electron chi connectivity index (χ0n) is 6.63. The SMILES string of the molecule is NC[C@@H](N)c1ccc(N)c(Cl)c1. The van der Waals surface area contributed by atoms with Crippen LogP contribution in [0, 0.1) is 0 Å². The van der Waals surface area contributed by atoms with Crippen LogP contribution in [0.15, 0.2) is 18.2 Å². The lowest BCUT2D eigenvalue weighted by atomic mass is 10.1. The summed E-state index contributed by atoms with van der Waals surface area (Å²) in [6.07, 6.45) is 0. The highest BCUT2D eigenvalue weighted by Crippen LogP contribution is 2.21. The normalized spacial score (nSPS) is 12.9. The minimum absolute atomic E-state index is 0.164. The second-order valence-corrected chi connectivity index (χ2v) is 3.03. The Kier molecular flexibility index (Phi) is 2.92. The van der Waals surface area contributed by atoms with Crippen molar-refractivity contribution in [1.82, 2.24) is 0 Å². The maximum Gasteiger partial charge on any atom is 0.0638 e. The average Bonchev–Trinajstić information content (AvgIpc) is 2.08. The molecule has 66 valence electrons. The van der Waals surface area contributed by atoms with Crippen molar-refractivity contribution < 1.29 is 0 Å². The van der Waals surface area contributed by atoms with Gasteiger partial charge in [0.1, 0.15) is 0 Å². The minimum atomic E-state index is -0.164. The summed E-state index contributed by atoms with van der Waals surface area (Å²) < 4.78 is 0. The van der Waals surface area contributed by atoms with Crippen molar-refractivity contribution in [1.29, 1.82) is 0 Å². The Hall–Kier alpha value is -0.770. The third kappa shape index (κ3) is 1.88. The van der Waals surface area contributed by atoms with Crippen LogP contribution in [0.25, 0.3) is 0 Å². The van der Waals surface area contributed by atoms with Gasteiger partial charge in [-0.2, -0.15) is 0 Å². The highest BCUT2D eigenvalue weighted by Gasteiger charge is 2.04. The van der Waals surface area contributed by atoms with E-state index in [1.165, 1.54) is 0 Å². The zero-order chi connectivity index (χ0) is 9.14. The highest BCUT2D eigenvalue weighted by atomic mass is 35.5. The Morgan fingerprint density at radius 3 is 2.58 bits per heavy atom. The Morgan fingerprint density at radius 1 is 1.42 bits per heavy atom. The zero-order valence-corrected chi connectivity index (χ0v) is 7.38. The Labute approximate surface area is 76.5 Å². The molecule has 0 fully saturated rings. The molecule has 0 radical (unpaired) electrons. The fraction of sp³-hybridized carbons (Fsp3) is 0.250. The Bertz CT molecular complexity index is 275. The Balaban J connectivity index is 2.96. The molecule has 0 unspecified atom stereocenters. The van der Waals surface area contributed by atoms with Crippen LogP contribution >= 0.6 is 11.6 Å². The fourth-order valence-electron chi connectivity index (χ4n) is 0.910. The first-order valence-electron chi connectivity index (χ1n) is 3.65. The molecule has 0 bridgehead atoms. The topological polar surface area (TPSA) is 78.1 Å². The first-order chi connectivity index (χ1) is 5.65. The van der Waals surface area contributed by atoms with Crippen LogP contribution in [0.3, 0.4) is 0 Å². The summed E-state index contributed by atoms with van der Waals surface area (Å²) in [5.74, 6) is 0. The summed E-state index contributed by atoms with van der Waals surface area (Å²) >= 11 is 5.79. The van der Waals surface area contributed by atoms with Gasteiger partial charge in [0, 0.05) is 12.6 Å². The van der Waals surface area contributed by atoms with Gasteiger partial charge in [0.2, 0.25) is 0 Å². The van der Waals surface area contributed by atoms with E-state index in [1.807, 2.05) is 6.07 Å². The second kappa shape index (κ2) is 3.76. The molecule has 12 heavy (non-hydrogen) atoms. The first kappa shape index (κ1) is 9.32. The lowest BCUT2D eigenvalue weighted by Crippen LogP contribution is -2.20. The predicted octanol–water partition coefficient (Wildman–Crippen LogP) is 0.881. The van der Waals surface area contributed by atoms with Crippen molar-refractivity contribution >= 4 is 17.3 Å². The van der Waals surface area contributed by atoms with E-state index in [1.54, 1.807) is 12.1 Å². The van der Waals surface area contributed by atoms with E-state index in [0.29, 0.717) is 17.3 Å². The van der Waals surface area contributed by atoms with Gasteiger partial charge in [-0.05, 0) is 17.7 Å². The molecule has 0 heterocycles. The molecule has 1 aromatic rings. The summed E-state index contributed by atoms with van der Waals surface area (Å²) in [6.45, 7) is 0.403. The van der Waals surface area contributed by atoms with E-state index in [9.17, 15) is 0 Å². The van der Waals surface area contributed by atoms with E-state index in [0.717, 1.165) is 5.56 Å². The van der Waals surface area contributed by atoms with Crippen LogP contribution in [0.1, 0.15) is 11.6 Å². The summed E-state index contributed by atoms with van der Waals surface area (Å²) in [7, 11) is 0. The molecular formula is C8H12ClN3. The van der Waals surface area contributed by atoms with Crippen LogP contribution in [-0.2, 0) is 0 Å². The number of rotatable bonds is 2. The van der Waals surface area contributed by atoms with Crippen LogP contribution in [0.2, 0.25) is 5.02 Å². The molecule has 0 aliphatic heterocycles. The maximum atomic E-state index is 5.79. The van der Waals surface area contributed by atoms with Gasteiger partial charge in [-0.25, -0.2) is 0 Å². The molecule has 0 spiro atoms.